The highest BCUT2D eigenvalue weighted by Gasteiger charge is 2.31. The monoisotopic (exact) mass is 494 g/mol. The van der Waals surface area contributed by atoms with Crippen molar-refractivity contribution in [1.29, 1.82) is 0 Å². The lowest BCUT2D eigenvalue weighted by Crippen LogP contribution is -2.31. The SMILES string of the molecule is Cc1ccc2c(CC(=O)OCC(=O)N(/N=C/c3ccccc3)c3cccc(C(F)(F)F)c3)coc2c1. The number of carbonyl (C=O) groups excluding carboxylic acids is 2. The number of hydrogen-bond acceptors (Lipinski definition) is 5. The lowest BCUT2D eigenvalue weighted by Gasteiger charge is -2.18. The van der Waals surface area contributed by atoms with Gasteiger partial charge in [-0.05, 0) is 42.3 Å². The van der Waals surface area contributed by atoms with Gasteiger partial charge >= 0.3 is 12.1 Å². The van der Waals surface area contributed by atoms with Gasteiger partial charge in [-0.2, -0.15) is 23.3 Å². The number of amides is 1. The summed E-state index contributed by atoms with van der Waals surface area (Å²) in [5.41, 5.74) is 1.80. The maximum absolute atomic E-state index is 13.2. The van der Waals surface area contributed by atoms with Crippen LogP contribution in [0.2, 0.25) is 0 Å². The molecule has 0 saturated carbocycles. The van der Waals surface area contributed by atoms with Crippen LogP contribution in [0.25, 0.3) is 11.0 Å². The molecule has 0 fully saturated rings. The molecule has 0 spiro atoms. The summed E-state index contributed by atoms with van der Waals surface area (Å²) < 4.78 is 50.3. The average Bonchev–Trinajstić information content (AvgIpc) is 3.24. The van der Waals surface area contributed by atoms with Crippen LogP contribution in [0.5, 0.6) is 0 Å². The number of fused-ring (bicyclic) bond motifs is 1. The van der Waals surface area contributed by atoms with Crippen LogP contribution >= 0.6 is 0 Å². The van der Waals surface area contributed by atoms with Gasteiger partial charge in [-0.25, -0.2) is 0 Å². The Morgan fingerprint density at radius 3 is 2.56 bits per heavy atom. The molecule has 36 heavy (non-hydrogen) atoms. The second-order valence-electron chi connectivity index (χ2n) is 8.01. The molecule has 0 bridgehead atoms. The van der Waals surface area contributed by atoms with Crippen LogP contribution in [-0.4, -0.2) is 24.7 Å². The van der Waals surface area contributed by atoms with Crippen LogP contribution in [0.3, 0.4) is 0 Å². The maximum atomic E-state index is 13.2. The molecule has 4 aromatic rings. The van der Waals surface area contributed by atoms with Gasteiger partial charge in [0.1, 0.15) is 5.58 Å². The Kier molecular flexibility index (Phi) is 7.19. The molecule has 1 amide bonds. The third-order valence-corrected chi connectivity index (χ3v) is 5.28. The number of esters is 1. The molecule has 1 aromatic heterocycles. The van der Waals surface area contributed by atoms with E-state index >= 15 is 0 Å². The molecule has 0 N–H and O–H groups in total. The van der Waals surface area contributed by atoms with E-state index in [1.807, 2.05) is 25.1 Å². The van der Waals surface area contributed by atoms with E-state index in [0.717, 1.165) is 28.1 Å². The predicted molar refractivity (Wildman–Crippen MR) is 129 cm³/mol. The van der Waals surface area contributed by atoms with E-state index < -0.39 is 30.2 Å². The first-order chi connectivity index (χ1) is 17.2. The summed E-state index contributed by atoms with van der Waals surface area (Å²) >= 11 is 0. The van der Waals surface area contributed by atoms with Gasteiger partial charge in [0.2, 0.25) is 0 Å². The maximum Gasteiger partial charge on any atom is 0.416 e. The molecule has 3 aromatic carbocycles. The predicted octanol–water partition coefficient (Wildman–Crippen LogP) is 5.91. The molecule has 0 aliphatic rings. The van der Waals surface area contributed by atoms with Crippen LogP contribution < -0.4 is 5.01 Å². The summed E-state index contributed by atoms with van der Waals surface area (Å²) in [6.07, 6.45) is -1.96. The van der Waals surface area contributed by atoms with E-state index in [4.69, 9.17) is 9.15 Å². The smallest absolute Gasteiger partial charge is 0.416 e. The number of benzene rings is 3. The van der Waals surface area contributed by atoms with Gasteiger partial charge in [0, 0.05) is 10.9 Å². The minimum Gasteiger partial charge on any atom is -0.464 e. The first kappa shape index (κ1) is 24.7. The fraction of sp³-hybridized carbons (Fsp3) is 0.148. The zero-order chi connectivity index (χ0) is 25.7. The molecular weight excluding hydrogens is 473 g/mol. The fourth-order valence-corrected chi connectivity index (χ4v) is 3.49. The van der Waals surface area contributed by atoms with Crippen LogP contribution in [-0.2, 0) is 26.9 Å². The zero-order valence-corrected chi connectivity index (χ0v) is 19.2. The number of rotatable bonds is 7. The van der Waals surface area contributed by atoms with Crippen molar-refractivity contribution in [1.82, 2.24) is 0 Å². The topological polar surface area (TPSA) is 72.1 Å². The molecule has 9 heteroatoms. The number of alkyl halides is 3. The van der Waals surface area contributed by atoms with Crippen molar-refractivity contribution in [3.63, 3.8) is 0 Å². The second-order valence-corrected chi connectivity index (χ2v) is 8.01. The summed E-state index contributed by atoms with van der Waals surface area (Å²) in [6.45, 7) is 1.20. The number of furan rings is 1. The average molecular weight is 494 g/mol. The zero-order valence-electron chi connectivity index (χ0n) is 19.2. The van der Waals surface area contributed by atoms with Crippen LogP contribution in [0.15, 0.2) is 88.6 Å². The van der Waals surface area contributed by atoms with Gasteiger partial charge in [-0.15, -0.1) is 0 Å². The van der Waals surface area contributed by atoms with Gasteiger partial charge in [0.05, 0.1) is 30.1 Å². The Morgan fingerprint density at radius 2 is 1.81 bits per heavy atom. The van der Waals surface area contributed by atoms with Crippen molar-refractivity contribution in [3.8, 4) is 0 Å². The van der Waals surface area contributed by atoms with Crippen LogP contribution in [0.1, 0.15) is 22.3 Å². The van der Waals surface area contributed by atoms with E-state index in [-0.39, 0.29) is 12.1 Å². The first-order valence-corrected chi connectivity index (χ1v) is 10.9. The summed E-state index contributed by atoms with van der Waals surface area (Å²) in [5, 5.41) is 5.61. The first-order valence-electron chi connectivity index (χ1n) is 10.9. The van der Waals surface area contributed by atoms with Gasteiger partial charge < -0.3 is 9.15 Å². The van der Waals surface area contributed by atoms with Gasteiger partial charge in [-0.3, -0.25) is 9.59 Å². The summed E-state index contributed by atoms with van der Waals surface area (Å²) in [6, 6.07) is 18.5. The van der Waals surface area contributed by atoms with Crippen molar-refractivity contribution < 1.29 is 31.9 Å². The molecule has 0 atom stereocenters. The Hall–Kier alpha value is -4.40. The largest absolute Gasteiger partial charge is 0.464 e. The van der Waals surface area contributed by atoms with Gasteiger partial charge in [-0.1, -0.05) is 48.5 Å². The van der Waals surface area contributed by atoms with E-state index in [1.165, 1.54) is 24.6 Å². The molecule has 184 valence electrons. The molecule has 0 saturated heterocycles. The van der Waals surface area contributed by atoms with E-state index in [0.29, 0.717) is 16.7 Å². The Morgan fingerprint density at radius 1 is 1.03 bits per heavy atom. The molecule has 0 aliphatic carbocycles. The lowest BCUT2D eigenvalue weighted by molar-refractivity contribution is -0.147. The fourth-order valence-electron chi connectivity index (χ4n) is 3.49. The number of aryl methyl sites for hydroxylation is 1. The lowest BCUT2D eigenvalue weighted by atomic mass is 10.1. The summed E-state index contributed by atoms with van der Waals surface area (Å²) in [4.78, 5) is 25.3. The number of hydrazone groups is 1. The molecular formula is C27H21F3N2O4. The van der Waals surface area contributed by atoms with Gasteiger partial charge in [0.15, 0.2) is 6.61 Å². The molecule has 0 aliphatic heterocycles. The van der Waals surface area contributed by atoms with Gasteiger partial charge in [0.25, 0.3) is 5.91 Å². The van der Waals surface area contributed by atoms with Crippen LogP contribution in [0.4, 0.5) is 18.9 Å². The molecule has 0 radical (unpaired) electrons. The molecule has 4 rings (SSSR count). The van der Waals surface area contributed by atoms with Crippen molar-refractivity contribution in [3.05, 3.63) is 101 Å². The summed E-state index contributed by atoms with van der Waals surface area (Å²) in [7, 11) is 0. The van der Waals surface area contributed by atoms with Crippen molar-refractivity contribution in [2.24, 2.45) is 5.10 Å². The molecule has 1 heterocycles. The van der Waals surface area contributed by atoms with E-state index in [1.54, 1.807) is 30.3 Å². The number of hydrogen-bond donors (Lipinski definition) is 0. The number of anilines is 1. The highest BCUT2D eigenvalue weighted by molar-refractivity contribution is 5.97. The van der Waals surface area contributed by atoms with E-state index in [2.05, 4.69) is 5.10 Å². The Labute approximate surface area is 204 Å². The minimum absolute atomic E-state index is 0.116. The highest BCUT2D eigenvalue weighted by Crippen LogP contribution is 2.32. The Bertz CT molecular complexity index is 1410. The van der Waals surface area contributed by atoms with Crippen molar-refractivity contribution >= 4 is 34.7 Å². The second kappa shape index (κ2) is 10.5. The number of carbonyl (C=O) groups is 2. The normalized spacial score (nSPS) is 11.7. The number of nitrogens with zero attached hydrogens (tertiary/aromatic N) is 2. The van der Waals surface area contributed by atoms with Crippen molar-refractivity contribution in [2.75, 3.05) is 11.6 Å². The van der Waals surface area contributed by atoms with E-state index in [9.17, 15) is 22.8 Å². The third kappa shape index (κ3) is 5.99. The minimum atomic E-state index is -4.60. The summed E-state index contributed by atoms with van der Waals surface area (Å²) in [5.74, 6) is -1.51. The standard InChI is InChI=1S/C27H21F3N2O4/c1-18-10-11-23-20(16-35-24(23)12-18)13-26(34)36-17-25(33)32(31-15-19-6-3-2-4-7-19)22-9-5-8-21(14-22)27(28,29)30/h2-12,14-16H,13,17H2,1H3/b31-15+. The Balaban J connectivity index is 1.50. The van der Waals surface area contributed by atoms with Crippen LogP contribution in [0, 0.1) is 6.92 Å². The number of halogens is 3. The molecule has 6 nitrogen and oxygen atoms in total. The third-order valence-electron chi connectivity index (χ3n) is 5.28. The molecule has 0 unspecified atom stereocenters. The quantitative estimate of drug-likeness (QED) is 0.182. The van der Waals surface area contributed by atoms with Crippen molar-refractivity contribution in [2.45, 2.75) is 19.5 Å². The highest BCUT2D eigenvalue weighted by atomic mass is 19.4. The number of ether oxygens (including phenoxy) is 1.